The van der Waals surface area contributed by atoms with E-state index in [0.29, 0.717) is 12.1 Å². The molecule has 0 amide bonds. The van der Waals surface area contributed by atoms with Crippen LogP contribution in [0.1, 0.15) is 31.1 Å². The van der Waals surface area contributed by atoms with Gasteiger partial charge in [-0.2, -0.15) is 0 Å². The number of aliphatic carboxylic acids is 1. The van der Waals surface area contributed by atoms with Crippen LogP contribution in [-0.4, -0.2) is 29.9 Å². The summed E-state index contributed by atoms with van der Waals surface area (Å²) >= 11 is 0. The minimum atomic E-state index is -0.797. The number of carboxylic acid groups (broad SMARTS) is 1. The molecule has 18 heavy (non-hydrogen) atoms. The van der Waals surface area contributed by atoms with Gasteiger partial charge in [0.15, 0.2) is 5.78 Å². The highest BCUT2D eigenvalue weighted by atomic mass is 16.4. The van der Waals surface area contributed by atoms with Crippen LogP contribution >= 0.6 is 0 Å². The predicted molar refractivity (Wildman–Crippen MR) is 71.1 cm³/mol. The molecule has 1 aromatic carbocycles. The van der Waals surface area contributed by atoms with E-state index in [1.165, 1.54) is 6.92 Å². The molecule has 1 rings (SSSR count). The fourth-order valence-electron chi connectivity index (χ4n) is 1.73. The number of nitrogens with zero attached hydrogens (tertiary/aromatic N) is 1. The lowest BCUT2D eigenvalue weighted by molar-refractivity contribution is -0.140. The van der Waals surface area contributed by atoms with Gasteiger partial charge in [0.2, 0.25) is 0 Å². The zero-order chi connectivity index (χ0) is 13.7. The second-order valence-electron chi connectivity index (χ2n) is 4.38. The molecule has 0 bridgehead atoms. The number of anilines is 1. The Hall–Kier alpha value is -1.84. The van der Waals surface area contributed by atoms with E-state index < -0.39 is 11.9 Å². The van der Waals surface area contributed by atoms with Crippen LogP contribution < -0.4 is 4.90 Å². The van der Waals surface area contributed by atoms with Gasteiger partial charge in [-0.15, -0.1) is 0 Å². The molecule has 0 aromatic heterocycles. The molecule has 0 spiro atoms. The molecule has 1 N–H and O–H groups in total. The van der Waals surface area contributed by atoms with Crippen LogP contribution in [0, 0.1) is 5.92 Å². The number of ketones is 1. The van der Waals surface area contributed by atoms with E-state index in [1.807, 2.05) is 24.0 Å². The largest absolute Gasteiger partial charge is 0.481 e. The van der Waals surface area contributed by atoms with Gasteiger partial charge >= 0.3 is 5.97 Å². The summed E-state index contributed by atoms with van der Waals surface area (Å²) in [4.78, 5) is 24.0. The Bertz CT molecular complexity index is 425. The first-order chi connectivity index (χ1) is 8.45. The van der Waals surface area contributed by atoms with Crippen molar-refractivity contribution in [1.29, 1.82) is 0 Å². The molecule has 1 atom stereocenters. The number of hydrogen-bond acceptors (Lipinski definition) is 3. The van der Waals surface area contributed by atoms with Gasteiger partial charge in [0.25, 0.3) is 0 Å². The second kappa shape index (κ2) is 6.19. The number of Topliss-reactive ketones (excluding diaryl/α,β-unsaturated/α-hetero) is 1. The fourth-order valence-corrected chi connectivity index (χ4v) is 1.73. The van der Waals surface area contributed by atoms with Crippen molar-refractivity contribution in [3.05, 3.63) is 29.8 Å². The van der Waals surface area contributed by atoms with Crippen molar-refractivity contribution < 1.29 is 14.7 Å². The molecule has 0 aliphatic rings. The average Bonchev–Trinajstić information content (AvgIpc) is 2.35. The summed E-state index contributed by atoms with van der Waals surface area (Å²) in [5.74, 6) is -1.19. The van der Waals surface area contributed by atoms with E-state index in [9.17, 15) is 9.59 Å². The Kier molecular flexibility index (Phi) is 4.89. The highest BCUT2D eigenvalue weighted by Crippen LogP contribution is 2.17. The second-order valence-corrected chi connectivity index (χ2v) is 4.38. The molecule has 0 aliphatic heterocycles. The first kappa shape index (κ1) is 14.2. The quantitative estimate of drug-likeness (QED) is 0.787. The average molecular weight is 249 g/mol. The third-order valence-corrected chi connectivity index (χ3v) is 2.94. The van der Waals surface area contributed by atoms with E-state index in [2.05, 4.69) is 0 Å². The summed E-state index contributed by atoms with van der Waals surface area (Å²) in [5.41, 5.74) is 1.61. The van der Waals surface area contributed by atoms with Crippen LogP contribution in [0.2, 0.25) is 0 Å². The molecule has 4 heteroatoms. The normalized spacial score (nSPS) is 11.9. The highest BCUT2D eigenvalue weighted by Gasteiger charge is 2.15. The number of benzene rings is 1. The molecule has 0 radical (unpaired) electrons. The first-order valence-electron chi connectivity index (χ1n) is 6.04. The summed E-state index contributed by atoms with van der Waals surface area (Å²) in [6.07, 6.45) is 0. The SMILES string of the molecule is CCN(CC(C)C(=O)O)c1ccc(C(C)=O)cc1. The minimum Gasteiger partial charge on any atom is -0.481 e. The Morgan fingerprint density at radius 1 is 1.28 bits per heavy atom. The number of carboxylic acids is 1. The van der Waals surface area contributed by atoms with E-state index in [-0.39, 0.29) is 5.78 Å². The maximum absolute atomic E-state index is 11.2. The van der Waals surface area contributed by atoms with E-state index in [4.69, 9.17) is 5.11 Å². The third-order valence-electron chi connectivity index (χ3n) is 2.94. The predicted octanol–water partition coefficient (Wildman–Crippen LogP) is 2.44. The van der Waals surface area contributed by atoms with Crippen molar-refractivity contribution >= 4 is 17.4 Å². The Morgan fingerprint density at radius 2 is 1.83 bits per heavy atom. The lowest BCUT2D eigenvalue weighted by Crippen LogP contribution is -2.31. The van der Waals surface area contributed by atoms with Crippen molar-refractivity contribution in [2.75, 3.05) is 18.0 Å². The number of rotatable bonds is 6. The van der Waals surface area contributed by atoms with Crippen molar-refractivity contribution in [3.8, 4) is 0 Å². The topological polar surface area (TPSA) is 57.6 Å². The molecule has 1 aromatic rings. The summed E-state index contributed by atoms with van der Waals surface area (Å²) in [6, 6.07) is 7.25. The molecule has 1 unspecified atom stereocenters. The molecule has 0 aliphatic carbocycles. The highest BCUT2D eigenvalue weighted by molar-refractivity contribution is 5.94. The fraction of sp³-hybridized carbons (Fsp3) is 0.429. The first-order valence-corrected chi connectivity index (χ1v) is 6.04. The summed E-state index contributed by atoms with van der Waals surface area (Å²) in [6.45, 7) is 6.39. The summed E-state index contributed by atoms with van der Waals surface area (Å²) in [5, 5.41) is 8.92. The van der Waals surface area contributed by atoms with Crippen LogP contribution in [0.15, 0.2) is 24.3 Å². The van der Waals surface area contributed by atoms with Crippen LogP contribution in [-0.2, 0) is 4.79 Å². The molecular formula is C14H19NO3. The molecule has 98 valence electrons. The molecular weight excluding hydrogens is 230 g/mol. The van der Waals surface area contributed by atoms with Gasteiger partial charge in [-0.25, -0.2) is 0 Å². The van der Waals surface area contributed by atoms with Crippen molar-refractivity contribution in [3.63, 3.8) is 0 Å². The van der Waals surface area contributed by atoms with Gasteiger partial charge in [0.1, 0.15) is 0 Å². The van der Waals surface area contributed by atoms with E-state index >= 15 is 0 Å². The van der Waals surface area contributed by atoms with Crippen LogP contribution in [0.3, 0.4) is 0 Å². The van der Waals surface area contributed by atoms with Gasteiger partial charge in [-0.05, 0) is 38.1 Å². The molecule has 0 saturated heterocycles. The van der Waals surface area contributed by atoms with Crippen molar-refractivity contribution in [2.24, 2.45) is 5.92 Å². The molecule has 0 saturated carbocycles. The standard InChI is InChI=1S/C14H19NO3/c1-4-15(9-10(2)14(17)18)13-7-5-12(6-8-13)11(3)16/h5-8,10H,4,9H2,1-3H3,(H,17,18). The Morgan fingerprint density at radius 3 is 2.22 bits per heavy atom. The number of hydrogen-bond donors (Lipinski definition) is 1. The smallest absolute Gasteiger partial charge is 0.308 e. The van der Waals surface area contributed by atoms with Crippen molar-refractivity contribution in [1.82, 2.24) is 0 Å². The molecule has 4 nitrogen and oxygen atoms in total. The van der Waals surface area contributed by atoms with Gasteiger partial charge in [-0.3, -0.25) is 9.59 Å². The maximum atomic E-state index is 11.2. The lowest BCUT2D eigenvalue weighted by atomic mass is 10.1. The summed E-state index contributed by atoms with van der Waals surface area (Å²) < 4.78 is 0. The zero-order valence-electron chi connectivity index (χ0n) is 11.0. The Balaban J connectivity index is 2.82. The van der Waals surface area contributed by atoms with Gasteiger partial charge < -0.3 is 10.0 Å². The van der Waals surface area contributed by atoms with E-state index in [0.717, 1.165) is 12.2 Å². The Labute approximate surface area is 107 Å². The summed E-state index contributed by atoms with van der Waals surface area (Å²) in [7, 11) is 0. The van der Waals surface area contributed by atoms with E-state index in [1.54, 1.807) is 19.1 Å². The van der Waals surface area contributed by atoms with Gasteiger partial charge in [0.05, 0.1) is 5.92 Å². The zero-order valence-corrected chi connectivity index (χ0v) is 11.0. The van der Waals surface area contributed by atoms with Crippen LogP contribution in [0.25, 0.3) is 0 Å². The maximum Gasteiger partial charge on any atom is 0.308 e. The third kappa shape index (κ3) is 3.58. The lowest BCUT2D eigenvalue weighted by Gasteiger charge is -2.25. The number of carbonyl (C=O) groups is 2. The van der Waals surface area contributed by atoms with Gasteiger partial charge in [0, 0.05) is 24.3 Å². The van der Waals surface area contributed by atoms with Crippen LogP contribution in [0.4, 0.5) is 5.69 Å². The van der Waals surface area contributed by atoms with Gasteiger partial charge in [-0.1, -0.05) is 6.92 Å². The number of carbonyl (C=O) groups excluding carboxylic acids is 1. The minimum absolute atomic E-state index is 0.0310. The molecule has 0 fully saturated rings. The monoisotopic (exact) mass is 249 g/mol. The van der Waals surface area contributed by atoms with Crippen molar-refractivity contribution in [2.45, 2.75) is 20.8 Å². The van der Waals surface area contributed by atoms with Crippen LogP contribution in [0.5, 0.6) is 0 Å². The molecule has 0 heterocycles.